The van der Waals surface area contributed by atoms with Gasteiger partial charge in [0.25, 0.3) is 10.2 Å². The molecule has 118 valence electrons. The van der Waals surface area contributed by atoms with Crippen LogP contribution in [-0.4, -0.2) is 43.6 Å². The van der Waals surface area contributed by atoms with Crippen molar-refractivity contribution in [2.75, 3.05) is 19.7 Å². The lowest BCUT2D eigenvalue weighted by Gasteiger charge is -2.33. The summed E-state index contributed by atoms with van der Waals surface area (Å²) in [6, 6.07) is 7.69. The molecule has 1 aromatic carbocycles. The highest BCUT2D eigenvalue weighted by Crippen LogP contribution is 2.19. The predicted octanol–water partition coefficient (Wildman–Crippen LogP) is 1.22. The first kappa shape index (κ1) is 16.4. The number of nitrogens with zero attached hydrogens (tertiary/aromatic N) is 1. The molecule has 1 heterocycles. The van der Waals surface area contributed by atoms with E-state index in [1.165, 1.54) is 9.87 Å². The third-order valence-electron chi connectivity index (χ3n) is 4.03. The van der Waals surface area contributed by atoms with Gasteiger partial charge in [0, 0.05) is 19.1 Å². The van der Waals surface area contributed by atoms with E-state index in [4.69, 9.17) is 0 Å². The van der Waals surface area contributed by atoms with Crippen molar-refractivity contribution in [2.24, 2.45) is 0 Å². The van der Waals surface area contributed by atoms with Gasteiger partial charge in [-0.05, 0) is 37.3 Å². The summed E-state index contributed by atoms with van der Waals surface area (Å²) >= 11 is 0. The van der Waals surface area contributed by atoms with E-state index in [2.05, 4.69) is 4.72 Å². The average Bonchev–Trinajstić information content (AvgIpc) is 2.49. The Bertz CT molecular complexity index is 560. The predicted molar refractivity (Wildman–Crippen MR) is 83.2 cm³/mol. The van der Waals surface area contributed by atoms with Gasteiger partial charge in [0.15, 0.2) is 0 Å². The van der Waals surface area contributed by atoms with E-state index in [0.29, 0.717) is 19.5 Å². The molecular formula is C15H24N2O3S. The normalized spacial score (nSPS) is 20.6. The van der Waals surface area contributed by atoms with Crippen LogP contribution in [0.3, 0.4) is 0 Å². The molecule has 2 N–H and O–H groups in total. The molecule has 0 bridgehead atoms. The Kier molecular flexibility index (Phi) is 5.75. The highest BCUT2D eigenvalue weighted by molar-refractivity contribution is 7.87. The van der Waals surface area contributed by atoms with Crippen molar-refractivity contribution >= 4 is 10.2 Å². The van der Waals surface area contributed by atoms with Crippen molar-refractivity contribution in [3.63, 3.8) is 0 Å². The summed E-state index contributed by atoms with van der Waals surface area (Å²) in [4.78, 5) is 0. The first-order chi connectivity index (χ1) is 10.0. The van der Waals surface area contributed by atoms with Crippen molar-refractivity contribution in [3.05, 3.63) is 35.4 Å². The highest BCUT2D eigenvalue weighted by Gasteiger charge is 2.31. The van der Waals surface area contributed by atoms with Crippen LogP contribution in [0.5, 0.6) is 0 Å². The molecule has 21 heavy (non-hydrogen) atoms. The number of hydrogen-bond donors (Lipinski definition) is 2. The summed E-state index contributed by atoms with van der Waals surface area (Å²) in [6.45, 7) is 2.78. The summed E-state index contributed by atoms with van der Waals surface area (Å²) in [6.07, 6.45) is 3.23. The molecule has 1 aliphatic rings. The quantitative estimate of drug-likeness (QED) is 0.830. The van der Waals surface area contributed by atoms with Gasteiger partial charge in [0.2, 0.25) is 0 Å². The maximum absolute atomic E-state index is 12.3. The van der Waals surface area contributed by atoms with Gasteiger partial charge in [-0.3, -0.25) is 0 Å². The van der Waals surface area contributed by atoms with Crippen molar-refractivity contribution in [2.45, 2.75) is 38.6 Å². The second kappa shape index (κ2) is 7.35. The van der Waals surface area contributed by atoms with Crippen LogP contribution in [0.1, 0.15) is 30.4 Å². The van der Waals surface area contributed by atoms with E-state index < -0.39 is 10.2 Å². The number of aryl methyl sites for hydroxylation is 1. The van der Waals surface area contributed by atoms with Crippen molar-refractivity contribution in [3.8, 4) is 0 Å². The van der Waals surface area contributed by atoms with E-state index in [1.807, 2.05) is 31.2 Å². The number of nitrogens with one attached hydrogen (secondary N) is 1. The fourth-order valence-corrected chi connectivity index (χ4v) is 4.22. The van der Waals surface area contributed by atoms with E-state index >= 15 is 0 Å². The topological polar surface area (TPSA) is 69.6 Å². The highest BCUT2D eigenvalue weighted by atomic mass is 32.2. The molecule has 0 aliphatic carbocycles. The minimum absolute atomic E-state index is 0.112. The summed E-state index contributed by atoms with van der Waals surface area (Å²) in [5, 5.41) is 9.33. The van der Waals surface area contributed by atoms with Crippen LogP contribution >= 0.6 is 0 Å². The first-order valence-corrected chi connectivity index (χ1v) is 8.90. The fraction of sp³-hybridized carbons (Fsp3) is 0.600. The van der Waals surface area contributed by atoms with Crippen LogP contribution in [0.15, 0.2) is 24.3 Å². The molecule has 6 heteroatoms. The molecule has 1 aromatic rings. The third kappa shape index (κ3) is 4.26. The molecule has 1 aliphatic heterocycles. The minimum atomic E-state index is -3.50. The summed E-state index contributed by atoms with van der Waals surface area (Å²) in [5.41, 5.74) is 2.32. The zero-order chi connectivity index (χ0) is 15.3. The monoisotopic (exact) mass is 312 g/mol. The van der Waals surface area contributed by atoms with Crippen LogP contribution in [0.4, 0.5) is 0 Å². The number of piperidine rings is 1. The van der Waals surface area contributed by atoms with E-state index in [9.17, 15) is 13.5 Å². The third-order valence-corrected chi connectivity index (χ3v) is 5.70. The van der Waals surface area contributed by atoms with Crippen LogP contribution in [0.2, 0.25) is 0 Å². The zero-order valence-corrected chi connectivity index (χ0v) is 13.3. The Hall–Kier alpha value is -0.950. The average molecular weight is 312 g/mol. The lowest BCUT2D eigenvalue weighted by molar-refractivity contribution is 0.154. The molecule has 2 rings (SSSR count). The summed E-state index contributed by atoms with van der Waals surface area (Å²) in [7, 11) is -3.50. The van der Waals surface area contributed by atoms with Crippen molar-refractivity contribution in [1.82, 2.24) is 9.03 Å². The number of benzene rings is 1. The molecule has 0 radical (unpaired) electrons. The Balaban J connectivity index is 1.93. The molecule has 0 spiro atoms. The lowest BCUT2D eigenvalue weighted by Crippen LogP contribution is -2.50. The molecule has 1 unspecified atom stereocenters. The van der Waals surface area contributed by atoms with Crippen molar-refractivity contribution in [1.29, 1.82) is 0 Å². The van der Waals surface area contributed by atoms with Crippen LogP contribution < -0.4 is 4.72 Å². The van der Waals surface area contributed by atoms with Gasteiger partial charge in [0.1, 0.15) is 0 Å². The summed E-state index contributed by atoms with van der Waals surface area (Å²) in [5.74, 6) is 0. The molecule has 0 saturated carbocycles. The molecule has 1 fully saturated rings. The zero-order valence-electron chi connectivity index (χ0n) is 12.5. The Morgan fingerprint density at radius 2 is 2.10 bits per heavy atom. The van der Waals surface area contributed by atoms with Crippen LogP contribution in [0.25, 0.3) is 0 Å². The van der Waals surface area contributed by atoms with Gasteiger partial charge in [0.05, 0.1) is 6.61 Å². The minimum Gasteiger partial charge on any atom is -0.395 e. The SMILES string of the molecule is Cc1ccccc1CCNS(=O)(=O)N1CCCCC1CO. The first-order valence-electron chi connectivity index (χ1n) is 7.46. The fourth-order valence-electron chi connectivity index (χ4n) is 2.76. The van der Waals surface area contributed by atoms with Gasteiger partial charge in [-0.15, -0.1) is 0 Å². The second-order valence-corrected chi connectivity index (χ2v) is 7.23. The smallest absolute Gasteiger partial charge is 0.279 e. The van der Waals surface area contributed by atoms with Gasteiger partial charge in [-0.1, -0.05) is 30.7 Å². The maximum Gasteiger partial charge on any atom is 0.279 e. The summed E-state index contributed by atoms with van der Waals surface area (Å²) < 4.78 is 28.7. The Morgan fingerprint density at radius 3 is 2.81 bits per heavy atom. The van der Waals surface area contributed by atoms with Crippen LogP contribution in [0, 0.1) is 6.92 Å². The van der Waals surface area contributed by atoms with Gasteiger partial charge in [-0.2, -0.15) is 12.7 Å². The lowest BCUT2D eigenvalue weighted by atomic mass is 10.1. The molecule has 5 nitrogen and oxygen atoms in total. The van der Waals surface area contributed by atoms with E-state index in [1.54, 1.807) is 0 Å². The maximum atomic E-state index is 12.3. The van der Waals surface area contributed by atoms with E-state index in [0.717, 1.165) is 24.8 Å². The number of rotatable bonds is 6. The molecule has 1 saturated heterocycles. The van der Waals surface area contributed by atoms with E-state index in [-0.39, 0.29) is 12.6 Å². The number of aliphatic hydroxyl groups excluding tert-OH is 1. The van der Waals surface area contributed by atoms with Gasteiger partial charge < -0.3 is 5.11 Å². The van der Waals surface area contributed by atoms with Crippen LogP contribution in [-0.2, 0) is 16.6 Å². The largest absolute Gasteiger partial charge is 0.395 e. The van der Waals surface area contributed by atoms with Gasteiger partial charge in [-0.25, -0.2) is 4.72 Å². The molecule has 1 atom stereocenters. The van der Waals surface area contributed by atoms with Crippen molar-refractivity contribution < 1.29 is 13.5 Å². The standard InChI is InChI=1S/C15H24N2O3S/c1-13-6-2-3-7-14(13)9-10-16-21(19,20)17-11-5-4-8-15(17)12-18/h2-3,6-7,15-16,18H,4-5,8-12H2,1H3. The Morgan fingerprint density at radius 1 is 1.33 bits per heavy atom. The molecular weight excluding hydrogens is 288 g/mol. The number of hydrogen-bond acceptors (Lipinski definition) is 3. The van der Waals surface area contributed by atoms with Gasteiger partial charge >= 0.3 is 0 Å². The Labute approximate surface area is 127 Å². The second-order valence-electron chi connectivity index (χ2n) is 5.52. The molecule has 0 aromatic heterocycles. The number of aliphatic hydroxyl groups is 1. The molecule has 0 amide bonds.